The molecule has 94 valence electrons. The third-order valence-electron chi connectivity index (χ3n) is 3.87. The molecule has 0 N–H and O–H groups in total. The summed E-state index contributed by atoms with van der Waals surface area (Å²) in [5.74, 6) is 0.915. The molecule has 0 nitrogen and oxygen atoms in total. The van der Waals surface area contributed by atoms with Crippen LogP contribution >= 0.6 is 11.1 Å². The summed E-state index contributed by atoms with van der Waals surface area (Å²) in [4.78, 5) is 0. The predicted octanol–water partition coefficient (Wildman–Crippen LogP) is 4.05. The topological polar surface area (TPSA) is 0 Å². The predicted molar refractivity (Wildman–Crippen MR) is 79.9 cm³/mol. The van der Waals surface area contributed by atoms with Crippen LogP contribution in [-0.4, -0.2) is 8.11 Å². The van der Waals surface area contributed by atoms with Crippen LogP contribution < -0.4 is 5.19 Å². The van der Waals surface area contributed by atoms with Crippen molar-refractivity contribution in [2.75, 3.05) is 0 Å². The van der Waals surface area contributed by atoms with E-state index < -0.39 is 8.11 Å². The van der Waals surface area contributed by atoms with Crippen molar-refractivity contribution in [3.8, 4) is 0 Å². The van der Waals surface area contributed by atoms with Gasteiger partial charge in [-0.1, -0.05) is 61.4 Å². The average Bonchev–Trinajstić information content (AvgIpc) is 2.29. The van der Waals surface area contributed by atoms with E-state index in [-0.39, 0.29) is 0 Å². The molecule has 0 spiro atoms. The molecule has 1 atom stereocenters. The first-order chi connectivity index (χ1) is 8.15. The molecular weight excluding hydrogens is 244 g/mol. The number of hydrogen-bond donors (Lipinski definition) is 0. The second kappa shape index (κ2) is 6.06. The molecule has 0 amide bonds. The first-order valence-electron chi connectivity index (χ1n) is 6.87. The largest absolute Gasteiger partial charge is 0.171 e. The SMILES string of the molecule is Cc1cc(C)cc([SiH](Cl)CC2CCCCC2)c1. The summed E-state index contributed by atoms with van der Waals surface area (Å²) in [5, 5.41) is 1.45. The third-order valence-corrected chi connectivity index (χ3v) is 7.30. The van der Waals surface area contributed by atoms with Crippen molar-refractivity contribution in [2.24, 2.45) is 5.92 Å². The number of aryl methyl sites for hydroxylation is 2. The maximum atomic E-state index is 6.72. The van der Waals surface area contributed by atoms with Gasteiger partial charge in [0.2, 0.25) is 0 Å². The highest BCUT2D eigenvalue weighted by Gasteiger charge is 2.20. The van der Waals surface area contributed by atoms with E-state index in [0.717, 1.165) is 5.92 Å². The molecule has 2 rings (SSSR count). The van der Waals surface area contributed by atoms with Crippen molar-refractivity contribution in [1.82, 2.24) is 0 Å². The van der Waals surface area contributed by atoms with Crippen LogP contribution in [0.5, 0.6) is 0 Å². The molecule has 0 saturated heterocycles. The Morgan fingerprint density at radius 2 is 1.65 bits per heavy atom. The van der Waals surface area contributed by atoms with E-state index in [1.807, 2.05) is 0 Å². The minimum absolute atomic E-state index is 0.915. The van der Waals surface area contributed by atoms with Crippen molar-refractivity contribution >= 4 is 24.4 Å². The summed E-state index contributed by atoms with van der Waals surface area (Å²) in [6, 6.07) is 8.14. The van der Waals surface area contributed by atoms with Crippen molar-refractivity contribution in [3.05, 3.63) is 29.3 Å². The molecule has 1 aromatic carbocycles. The molecule has 1 aliphatic rings. The highest BCUT2D eigenvalue weighted by Crippen LogP contribution is 2.28. The van der Waals surface area contributed by atoms with Gasteiger partial charge in [0, 0.05) is 0 Å². The maximum Gasteiger partial charge on any atom is 0.171 e. The van der Waals surface area contributed by atoms with E-state index in [9.17, 15) is 0 Å². The molecule has 1 unspecified atom stereocenters. The second-order valence-electron chi connectivity index (χ2n) is 5.63. The van der Waals surface area contributed by atoms with Crippen molar-refractivity contribution in [2.45, 2.75) is 52.0 Å². The Labute approximate surface area is 112 Å². The Kier molecular flexibility index (Phi) is 4.69. The Balaban J connectivity index is 2.00. The van der Waals surface area contributed by atoms with Gasteiger partial charge in [0.05, 0.1) is 0 Å². The Morgan fingerprint density at radius 3 is 2.24 bits per heavy atom. The molecule has 17 heavy (non-hydrogen) atoms. The number of halogens is 1. The Morgan fingerprint density at radius 1 is 1.06 bits per heavy atom. The monoisotopic (exact) mass is 266 g/mol. The molecule has 1 aromatic rings. The molecule has 0 heterocycles. The van der Waals surface area contributed by atoms with Crippen LogP contribution in [0.1, 0.15) is 43.2 Å². The molecule has 0 bridgehead atoms. The summed E-state index contributed by atoms with van der Waals surface area (Å²) >= 11 is 6.72. The average molecular weight is 267 g/mol. The van der Waals surface area contributed by atoms with Crippen molar-refractivity contribution in [3.63, 3.8) is 0 Å². The lowest BCUT2D eigenvalue weighted by molar-refractivity contribution is 0.384. The van der Waals surface area contributed by atoms with Crippen LogP contribution in [0.4, 0.5) is 0 Å². The third kappa shape index (κ3) is 3.85. The zero-order valence-corrected chi connectivity index (χ0v) is 12.9. The van der Waals surface area contributed by atoms with E-state index in [0.29, 0.717) is 0 Å². The molecule has 1 aliphatic carbocycles. The Hall–Kier alpha value is -0.273. The van der Waals surface area contributed by atoms with E-state index in [2.05, 4.69) is 32.0 Å². The van der Waals surface area contributed by atoms with Crippen LogP contribution in [0.2, 0.25) is 6.04 Å². The number of benzene rings is 1. The van der Waals surface area contributed by atoms with Crippen LogP contribution in [0.25, 0.3) is 0 Å². The normalized spacial score (nSPS) is 19.2. The van der Waals surface area contributed by atoms with Gasteiger partial charge < -0.3 is 0 Å². The van der Waals surface area contributed by atoms with E-state index in [4.69, 9.17) is 11.1 Å². The molecule has 0 aromatic heterocycles. The fourth-order valence-corrected chi connectivity index (χ4v) is 6.39. The molecule has 1 fully saturated rings. The first-order valence-corrected chi connectivity index (χ1v) is 10.0. The fraction of sp³-hybridized carbons (Fsp3) is 0.600. The van der Waals surface area contributed by atoms with Crippen LogP contribution in [-0.2, 0) is 0 Å². The van der Waals surface area contributed by atoms with Crippen LogP contribution in [0.15, 0.2) is 18.2 Å². The standard InChI is InChI=1S/C15H23ClSi/c1-12-8-13(2)10-15(9-12)17(16)11-14-6-4-3-5-7-14/h8-10,14,17H,3-7,11H2,1-2H3. The lowest BCUT2D eigenvalue weighted by Crippen LogP contribution is -2.28. The summed E-state index contributed by atoms with van der Waals surface area (Å²) in [5.41, 5.74) is 2.73. The zero-order chi connectivity index (χ0) is 12.3. The molecule has 2 heteroatoms. The van der Waals surface area contributed by atoms with E-state index >= 15 is 0 Å². The van der Waals surface area contributed by atoms with E-state index in [1.165, 1.54) is 54.5 Å². The van der Waals surface area contributed by atoms with Crippen molar-refractivity contribution in [1.29, 1.82) is 0 Å². The maximum absolute atomic E-state index is 6.72. The van der Waals surface area contributed by atoms with Crippen LogP contribution in [0, 0.1) is 19.8 Å². The van der Waals surface area contributed by atoms with Gasteiger partial charge in [-0.3, -0.25) is 0 Å². The molecular formula is C15H23ClSi. The minimum atomic E-state index is -1.22. The number of hydrogen-bond acceptors (Lipinski definition) is 0. The lowest BCUT2D eigenvalue weighted by atomic mass is 9.91. The number of rotatable bonds is 3. The minimum Gasteiger partial charge on any atom is -0.165 e. The summed E-state index contributed by atoms with van der Waals surface area (Å²) in [6.45, 7) is 4.35. The van der Waals surface area contributed by atoms with Gasteiger partial charge in [0.15, 0.2) is 8.11 Å². The molecule has 0 radical (unpaired) electrons. The summed E-state index contributed by atoms with van der Waals surface area (Å²) in [7, 11) is -1.22. The van der Waals surface area contributed by atoms with Gasteiger partial charge in [-0.05, 0) is 31.0 Å². The lowest BCUT2D eigenvalue weighted by Gasteiger charge is -2.23. The van der Waals surface area contributed by atoms with Gasteiger partial charge in [-0.2, -0.15) is 11.1 Å². The summed E-state index contributed by atoms with van der Waals surface area (Å²) < 4.78 is 0. The molecule has 1 saturated carbocycles. The van der Waals surface area contributed by atoms with Gasteiger partial charge in [-0.25, -0.2) is 0 Å². The van der Waals surface area contributed by atoms with Gasteiger partial charge in [-0.15, -0.1) is 0 Å². The highest BCUT2D eigenvalue weighted by atomic mass is 35.6. The molecule has 0 aliphatic heterocycles. The smallest absolute Gasteiger partial charge is 0.165 e. The van der Waals surface area contributed by atoms with Crippen LogP contribution in [0.3, 0.4) is 0 Å². The summed E-state index contributed by atoms with van der Waals surface area (Å²) in [6.07, 6.45) is 7.13. The first kappa shape index (κ1) is 13.2. The highest BCUT2D eigenvalue weighted by molar-refractivity contribution is 7.14. The fourth-order valence-electron chi connectivity index (χ4n) is 3.04. The zero-order valence-electron chi connectivity index (χ0n) is 11.0. The quantitative estimate of drug-likeness (QED) is 0.572. The van der Waals surface area contributed by atoms with Crippen molar-refractivity contribution < 1.29 is 0 Å². The Bertz CT molecular complexity index is 349. The van der Waals surface area contributed by atoms with E-state index in [1.54, 1.807) is 0 Å². The van der Waals surface area contributed by atoms with Gasteiger partial charge in [0.1, 0.15) is 0 Å². The van der Waals surface area contributed by atoms with Gasteiger partial charge >= 0.3 is 0 Å². The second-order valence-corrected chi connectivity index (χ2v) is 9.28. The van der Waals surface area contributed by atoms with Gasteiger partial charge in [0.25, 0.3) is 0 Å².